The van der Waals surface area contributed by atoms with E-state index in [9.17, 15) is 9.59 Å². The third-order valence-corrected chi connectivity index (χ3v) is 4.93. The normalized spacial score (nSPS) is 17.8. The third kappa shape index (κ3) is 3.48. The first-order valence-corrected chi connectivity index (χ1v) is 8.72. The summed E-state index contributed by atoms with van der Waals surface area (Å²) in [5.74, 6) is 1.00. The molecular formula is C19H25N3O3. The third-order valence-electron chi connectivity index (χ3n) is 4.93. The van der Waals surface area contributed by atoms with E-state index < -0.39 is 0 Å². The van der Waals surface area contributed by atoms with Crippen molar-refractivity contribution in [3.8, 4) is 5.75 Å². The van der Waals surface area contributed by atoms with Crippen LogP contribution in [0.15, 0.2) is 24.4 Å². The van der Waals surface area contributed by atoms with Gasteiger partial charge in [-0.25, -0.2) is 0 Å². The molecule has 134 valence electrons. The Hall–Kier alpha value is -2.50. The van der Waals surface area contributed by atoms with Gasteiger partial charge in [-0.05, 0) is 31.0 Å². The number of likely N-dealkylation sites (tertiary alicyclic amines) is 1. The van der Waals surface area contributed by atoms with Gasteiger partial charge in [0.15, 0.2) is 0 Å². The summed E-state index contributed by atoms with van der Waals surface area (Å²) >= 11 is 0. The van der Waals surface area contributed by atoms with Crippen LogP contribution in [-0.2, 0) is 16.0 Å². The molecule has 0 radical (unpaired) electrons. The summed E-state index contributed by atoms with van der Waals surface area (Å²) in [6, 6.07) is 5.93. The molecule has 1 aromatic heterocycles. The maximum atomic E-state index is 12.8. The molecule has 2 amide bonds. The first-order valence-electron chi connectivity index (χ1n) is 8.72. The minimum atomic E-state index is 0.0555. The van der Waals surface area contributed by atoms with E-state index >= 15 is 0 Å². The lowest BCUT2D eigenvalue weighted by atomic mass is 10.0. The molecule has 6 nitrogen and oxygen atoms in total. The zero-order chi connectivity index (χ0) is 18.0. The Bertz CT molecular complexity index is 783. The highest BCUT2D eigenvalue weighted by Gasteiger charge is 2.28. The molecule has 0 bridgehead atoms. The fourth-order valence-electron chi connectivity index (χ4n) is 3.43. The van der Waals surface area contributed by atoms with Gasteiger partial charge in [-0.3, -0.25) is 9.59 Å². The molecule has 1 atom stereocenters. The molecule has 1 saturated heterocycles. The van der Waals surface area contributed by atoms with Gasteiger partial charge in [0.05, 0.1) is 13.0 Å². The number of rotatable bonds is 5. The van der Waals surface area contributed by atoms with Gasteiger partial charge >= 0.3 is 0 Å². The molecule has 25 heavy (non-hydrogen) atoms. The second-order valence-corrected chi connectivity index (χ2v) is 6.57. The van der Waals surface area contributed by atoms with Crippen LogP contribution in [0.25, 0.3) is 10.9 Å². The summed E-state index contributed by atoms with van der Waals surface area (Å²) < 4.78 is 5.71. The zero-order valence-corrected chi connectivity index (χ0v) is 15.0. The Labute approximate surface area is 147 Å². The van der Waals surface area contributed by atoms with Gasteiger partial charge in [-0.15, -0.1) is 0 Å². The molecule has 0 saturated carbocycles. The largest absolute Gasteiger partial charge is 0.493 e. The number of ether oxygens (including phenoxy) is 1. The van der Waals surface area contributed by atoms with Crippen LogP contribution >= 0.6 is 0 Å². The number of carbonyl (C=O) groups excluding carboxylic acids is 2. The van der Waals surface area contributed by atoms with Gasteiger partial charge < -0.3 is 19.5 Å². The molecule has 0 aliphatic carbocycles. The molecule has 3 rings (SSSR count). The molecule has 1 aliphatic rings. The van der Waals surface area contributed by atoms with Crippen LogP contribution in [0.2, 0.25) is 0 Å². The number of likely N-dealkylation sites (N-methyl/N-ethyl adjacent to an activating group) is 2. The summed E-state index contributed by atoms with van der Waals surface area (Å²) in [7, 11) is 3.62. The summed E-state index contributed by atoms with van der Waals surface area (Å²) in [5, 5.41) is 0.974. The van der Waals surface area contributed by atoms with E-state index in [1.54, 1.807) is 16.8 Å². The molecule has 0 spiro atoms. The van der Waals surface area contributed by atoms with Gasteiger partial charge in [0.1, 0.15) is 5.75 Å². The molecular weight excluding hydrogens is 318 g/mol. The molecule has 2 aromatic rings. The average Bonchev–Trinajstić information content (AvgIpc) is 3.01. The zero-order valence-electron chi connectivity index (χ0n) is 15.0. The number of hydrogen-bond donors (Lipinski definition) is 1. The van der Waals surface area contributed by atoms with Gasteiger partial charge in [0, 0.05) is 50.2 Å². The standard InChI is InChI=1S/C19H25N3O3/c1-4-25-16-7-5-6-15-19(16)13(11-20-15)10-18(24)22(3)14-8-9-17(23)21(2)12-14/h5-7,11,14,20H,4,8-10,12H2,1-3H3/t14-/m1/s1. The van der Waals surface area contributed by atoms with Crippen molar-refractivity contribution in [2.75, 3.05) is 27.2 Å². The monoisotopic (exact) mass is 343 g/mol. The molecule has 6 heteroatoms. The maximum Gasteiger partial charge on any atom is 0.227 e. The summed E-state index contributed by atoms with van der Waals surface area (Å²) in [6.45, 7) is 3.13. The minimum absolute atomic E-state index is 0.0555. The Kier molecular flexibility index (Phi) is 4.97. The van der Waals surface area contributed by atoms with Crippen LogP contribution in [0.1, 0.15) is 25.3 Å². The number of nitrogens with zero attached hydrogens (tertiary/aromatic N) is 2. The minimum Gasteiger partial charge on any atom is -0.493 e. The average molecular weight is 343 g/mol. The number of piperidine rings is 1. The van der Waals surface area contributed by atoms with Crippen molar-refractivity contribution in [3.63, 3.8) is 0 Å². The maximum absolute atomic E-state index is 12.8. The number of H-pyrrole nitrogens is 1. The van der Waals surface area contributed by atoms with Crippen molar-refractivity contribution < 1.29 is 14.3 Å². The summed E-state index contributed by atoms with van der Waals surface area (Å²) in [6.07, 6.45) is 3.42. The molecule has 2 heterocycles. The first-order chi connectivity index (χ1) is 12.0. The van der Waals surface area contributed by atoms with Crippen molar-refractivity contribution >= 4 is 22.7 Å². The second-order valence-electron chi connectivity index (χ2n) is 6.57. The fourth-order valence-corrected chi connectivity index (χ4v) is 3.43. The molecule has 1 N–H and O–H groups in total. The first kappa shape index (κ1) is 17.3. The molecule has 0 unspecified atom stereocenters. The predicted molar refractivity (Wildman–Crippen MR) is 96.6 cm³/mol. The number of aromatic nitrogens is 1. The van der Waals surface area contributed by atoms with Gasteiger partial charge in [0.2, 0.25) is 11.8 Å². The summed E-state index contributed by atoms with van der Waals surface area (Å²) in [5.41, 5.74) is 1.91. The number of hydrogen-bond acceptors (Lipinski definition) is 3. The van der Waals surface area contributed by atoms with E-state index in [1.807, 2.05) is 38.4 Å². The van der Waals surface area contributed by atoms with E-state index in [1.165, 1.54) is 0 Å². The van der Waals surface area contributed by atoms with E-state index in [0.717, 1.165) is 28.6 Å². The number of carbonyl (C=O) groups is 2. The topological polar surface area (TPSA) is 65.6 Å². The number of nitrogens with one attached hydrogen (secondary N) is 1. The SMILES string of the molecule is CCOc1cccc2[nH]cc(CC(=O)N(C)[C@@H]3CCC(=O)N(C)C3)c12. The van der Waals surface area contributed by atoms with Crippen LogP contribution in [0.4, 0.5) is 0 Å². The van der Waals surface area contributed by atoms with Crippen molar-refractivity contribution in [2.24, 2.45) is 0 Å². The van der Waals surface area contributed by atoms with Crippen molar-refractivity contribution in [1.29, 1.82) is 0 Å². The van der Waals surface area contributed by atoms with Crippen LogP contribution in [-0.4, -0.2) is 59.9 Å². The van der Waals surface area contributed by atoms with Crippen LogP contribution < -0.4 is 4.74 Å². The second kappa shape index (κ2) is 7.17. The lowest BCUT2D eigenvalue weighted by molar-refractivity contribution is -0.139. The van der Waals surface area contributed by atoms with Crippen molar-refractivity contribution in [2.45, 2.75) is 32.2 Å². The molecule has 1 aromatic carbocycles. The number of fused-ring (bicyclic) bond motifs is 1. The quantitative estimate of drug-likeness (QED) is 0.905. The Morgan fingerprint density at radius 3 is 2.96 bits per heavy atom. The van der Waals surface area contributed by atoms with E-state index in [-0.39, 0.29) is 17.9 Å². The van der Waals surface area contributed by atoms with E-state index in [2.05, 4.69) is 4.98 Å². The van der Waals surface area contributed by atoms with Gasteiger partial charge in [0.25, 0.3) is 0 Å². The fraction of sp³-hybridized carbons (Fsp3) is 0.474. The highest BCUT2D eigenvalue weighted by atomic mass is 16.5. The Morgan fingerprint density at radius 2 is 2.24 bits per heavy atom. The highest BCUT2D eigenvalue weighted by Crippen LogP contribution is 2.29. The predicted octanol–water partition coefficient (Wildman–Crippen LogP) is 2.19. The van der Waals surface area contributed by atoms with Gasteiger partial charge in [-0.1, -0.05) is 6.07 Å². The van der Waals surface area contributed by atoms with Crippen LogP contribution in [0.5, 0.6) is 5.75 Å². The smallest absolute Gasteiger partial charge is 0.227 e. The van der Waals surface area contributed by atoms with Gasteiger partial charge in [-0.2, -0.15) is 0 Å². The lowest BCUT2D eigenvalue weighted by Crippen LogP contribution is -2.49. The Balaban J connectivity index is 1.77. The number of benzene rings is 1. The van der Waals surface area contributed by atoms with E-state index in [4.69, 9.17) is 4.74 Å². The van der Waals surface area contributed by atoms with Crippen molar-refractivity contribution in [3.05, 3.63) is 30.0 Å². The lowest BCUT2D eigenvalue weighted by Gasteiger charge is -2.35. The number of amides is 2. The highest BCUT2D eigenvalue weighted by molar-refractivity contribution is 5.93. The van der Waals surface area contributed by atoms with E-state index in [0.29, 0.717) is 26.0 Å². The van der Waals surface area contributed by atoms with Crippen molar-refractivity contribution in [1.82, 2.24) is 14.8 Å². The molecule has 1 aliphatic heterocycles. The van der Waals surface area contributed by atoms with Crippen LogP contribution in [0, 0.1) is 0 Å². The number of aromatic amines is 1. The van der Waals surface area contributed by atoms with Crippen LogP contribution in [0.3, 0.4) is 0 Å². The summed E-state index contributed by atoms with van der Waals surface area (Å²) in [4.78, 5) is 31.1. The molecule has 1 fully saturated rings. The Morgan fingerprint density at radius 1 is 1.44 bits per heavy atom.